The molecule has 70 valence electrons. The molecule has 3 heteroatoms. The quantitative estimate of drug-likeness (QED) is 0.741. The molecule has 0 saturated heterocycles. The highest BCUT2D eigenvalue weighted by Gasteiger charge is 2.16. The largest absolute Gasteiger partial charge is 0.396 e. The highest BCUT2D eigenvalue weighted by molar-refractivity contribution is 5.64. The van der Waals surface area contributed by atoms with Gasteiger partial charge in [-0.2, -0.15) is 0 Å². The van der Waals surface area contributed by atoms with Crippen molar-refractivity contribution in [1.82, 2.24) is 4.98 Å². The van der Waals surface area contributed by atoms with Crippen molar-refractivity contribution in [2.45, 2.75) is 19.3 Å². The Labute approximate surface area is 78.4 Å². The highest BCUT2D eigenvalue weighted by Crippen LogP contribution is 2.27. The van der Waals surface area contributed by atoms with E-state index in [9.17, 15) is 0 Å². The molecule has 0 spiro atoms. The molecule has 3 nitrogen and oxygen atoms in total. The summed E-state index contributed by atoms with van der Waals surface area (Å²) >= 11 is 0. The van der Waals surface area contributed by atoms with Crippen LogP contribution in [0.5, 0.6) is 0 Å². The Hall–Kier alpha value is -1.25. The Balaban J connectivity index is 1.89. The lowest BCUT2D eigenvalue weighted by Gasteiger charge is -2.26. The molecule has 1 saturated carbocycles. The van der Waals surface area contributed by atoms with Crippen molar-refractivity contribution in [2.24, 2.45) is 5.92 Å². The molecular formula is C10H15N3. The lowest BCUT2D eigenvalue weighted by Crippen LogP contribution is -2.21. The molecule has 0 aromatic carbocycles. The number of nitrogens with zero attached hydrogens (tertiary/aromatic N) is 1. The maximum Gasteiger partial charge on any atom is 0.0736 e. The normalized spacial score (nSPS) is 16.6. The van der Waals surface area contributed by atoms with Gasteiger partial charge in [0.1, 0.15) is 0 Å². The number of rotatable bonds is 3. The maximum absolute atomic E-state index is 5.74. The van der Waals surface area contributed by atoms with Crippen LogP contribution in [0.3, 0.4) is 0 Å². The van der Waals surface area contributed by atoms with E-state index < -0.39 is 0 Å². The van der Waals surface area contributed by atoms with Gasteiger partial charge in [-0.1, -0.05) is 6.42 Å². The van der Waals surface area contributed by atoms with Gasteiger partial charge in [-0.25, -0.2) is 0 Å². The zero-order valence-corrected chi connectivity index (χ0v) is 7.66. The molecule has 1 aromatic heterocycles. The van der Waals surface area contributed by atoms with Crippen molar-refractivity contribution in [3.8, 4) is 0 Å². The van der Waals surface area contributed by atoms with Crippen molar-refractivity contribution in [3.05, 3.63) is 18.5 Å². The summed E-state index contributed by atoms with van der Waals surface area (Å²) < 4.78 is 0. The molecule has 0 atom stereocenters. The van der Waals surface area contributed by atoms with Crippen LogP contribution in [0, 0.1) is 5.92 Å². The number of pyridine rings is 1. The first-order chi connectivity index (χ1) is 6.36. The van der Waals surface area contributed by atoms with Gasteiger partial charge in [-0.15, -0.1) is 0 Å². The summed E-state index contributed by atoms with van der Waals surface area (Å²) in [6.07, 6.45) is 7.55. The van der Waals surface area contributed by atoms with Crippen molar-refractivity contribution >= 4 is 11.4 Å². The monoisotopic (exact) mass is 177 g/mol. The molecule has 1 fully saturated rings. The van der Waals surface area contributed by atoms with Crippen molar-refractivity contribution < 1.29 is 0 Å². The number of hydrogen-bond acceptors (Lipinski definition) is 3. The van der Waals surface area contributed by atoms with E-state index in [4.69, 9.17) is 5.73 Å². The first-order valence-corrected chi connectivity index (χ1v) is 4.79. The van der Waals surface area contributed by atoms with Crippen molar-refractivity contribution in [2.75, 3.05) is 17.6 Å². The number of nitrogens with one attached hydrogen (secondary N) is 1. The Kier molecular flexibility index (Phi) is 2.34. The van der Waals surface area contributed by atoms with Crippen molar-refractivity contribution in [3.63, 3.8) is 0 Å². The van der Waals surface area contributed by atoms with Crippen LogP contribution < -0.4 is 11.1 Å². The maximum atomic E-state index is 5.74. The fourth-order valence-corrected chi connectivity index (χ4v) is 1.52. The highest BCUT2D eigenvalue weighted by atomic mass is 14.9. The van der Waals surface area contributed by atoms with Gasteiger partial charge in [0, 0.05) is 12.7 Å². The molecule has 0 amide bonds. The summed E-state index contributed by atoms with van der Waals surface area (Å²) in [5.74, 6) is 0.854. The summed E-state index contributed by atoms with van der Waals surface area (Å²) in [6, 6.07) is 1.92. The molecule has 3 N–H and O–H groups in total. The van der Waals surface area contributed by atoms with Crippen LogP contribution in [0.1, 0.15) is 19.3 Å². The van der Waals surface area contributed by atoms with Gasteiger partial charge in [0.05, 0.1) is 17.6 Å². The summed E-state index contributed by atoms with van der Waals surface area (Å²) in [5, 5.41) is 3.35. The van der Waals surface area contributed by atoms with E-state index in [0.29, 0.717) is 0 Å². The molecule has 0 radical (unpaired) electrons. The second-order valence-electron chi connectivity index (χ2n) is 3.64. The van der Waals surface area contributed by atoms with Gasteiger partial charge in [0.25, 0.3) is 0 Å². The molecule has 0 bridgehead atoms. The van der Waals surface area contributed by atoms with Gasteiger partial charge in [0.15, 0.2) is 0 Å². The van der Waals surface area contributed by atoms with E-state index in [2.05, 4.69) is 10.3 Å². The SMILES string of the molecule is Nc1cnccc1NCC1CCC1. The molecule has 1 aromatic rings. The number of hydrogen-bond donors (Lipinski definition) is 2. The predicted octanol–water partition coefficient (Wildman–Crippen LogP) is 1.88. The summed E-state index contributed by atoms with van der Waals surface area (Å²) in [6.45, 7) is 1.05. The summed E-state index contributed by atoms with van der Waals surface area (Å²) in [4.78, 5) is 3.94. The second-order valence-corrected chi connectivity index (χ2v) is 3.64. The molecule has 1 heterocycles. The molecule has 1 aliphatic carbocycles. The van der Waals surface area contributed by atoms with Crippen LogP contribution in [0.4, 0.5) is 11.4 Å². The fraction of sp³-hybridized carbons (Fsp3) is 0.500. The van der Waals surface area contributed by atoms with E-state index >= 15 is 0 Å². The van der Waals surface area contributed by atoms with Crippen LogP contribution in [0.2, 0.25) is 0 Å². The number of nitrogens with two attached hydrogens (primary N) is 1. The number of aromatic nitrogens is 1. The first kappa shape index (κ1) is 8.35. The van der Waals surface area contributed by atoms with E-state index in [1.807, 2.05) is 6.07 Å². The van der Waals surface area contributed by atoms with Crippen LogP contribution in [-0.4, -0.2) is 11.5 Å². The average Bonchev–Trinajstić information content (AvgIpc) is 2.05. The zero-order valence-electron chi connectivity index (χ0n) is 7.66. The average molecular weight is 177 g/mol. The van der Waals surface area contributed by atoms with Gasteiger partial charge >= 0.3 is 0 Å². The first-order valence-electron chi connectivity index (χ1n) is 4.79. The van der Waals surface area contributed by atoms with Crippen molar-refractivity contribution in [1.29, 1.82) is 0 Å². The third kappa shape index (κ3) is 1.91. The molecule has 2 rings (SSSR count). The van der Waals surface area contributed by atoms with Crippen LogP contribution >= 0.6 is 0 Å². The smallest absolute Gasteiger partial charge is 0.0736 e. The summed E-state index contributed by atoms with van der Waals surface area (Å²) in [5.41, 5.74) is 7.49. The standard InChI is InChI=1S/C10H15N3/c11-9-7-12-5-4-10(9)13-6-8-2-1-3-8/h4-5,7-8H,1-3,6,11H2,(H,12,13). The number of anilines is 2. The third-order valence-corrected chi connectivity index (χ3v) is 2.66. The minimum absolute atomic E-state index is 0.738. The van der Waals surface area contributed by atoms with Crippen LogP contribution in [0.25, 0.3) is 0 Å². The molecule has 0 unspecified atom stereocenters. The minimum atomic E-state index is 0.738. The topological polar surface area (TPSA) is 50.9 Å². The zero-order chi connectivity index (χ0) is 9.10. The predicted molar refractivity (Wildman–Crippen MR) is 54.5 cm³/mol. The van der Waals surface area contributed by atoms with E-state index in [1.54, 1.807) is 12.4 Å². The van der Waals surface area contributed by atoms with E-state index in [-0.39, 0.29) is 0 Å². The Morgan fingerprint density at radius 2 is 2.38 bits per heavy atom. The fourth-order valence-electron chi connectivity index (χ4n) is 1.52. The van der Waals surface area contributed by atoms with Gasteiger partial charge in [0.2, 0.25) is 0 Å². The third-order valence-electron chi connectivity index (χ3n) is 2.66. The lowest BCUT2D eigenvalue weighted by molar-refractivity contribution is 0.333. The summed E-state index contributed by atoms with van der Waals surface area (Å²) in [7, 11) is 0. The second kappa shape index (κ2) is 3.64. The molecular weight excluding hydrogens is 162 g/mol. The van der Waals surface area contributed by atoms with Crippen LogP contribution in [0.15, 0.2) is 18.5 Å². The van der Waals surface area contributed by atoms with E-state index in [0.717, 1.165) is 23.8 Å². The van der Waals surface area contributed by atoms with Gasteiger partial charge in [-0.05, 0) is 24.8 Å². The van der Waals surface area contributed by atoms with Gasteiger partial charge in [-0.3, -0.25) is 4.98 Å². The minimum Gasteiger partial charge on any atom is -0.396 e. The Bertz CT molecular complexity index is 281. The molecule has 0 aliphatic heterocycles. The Morgan fingerprint density at radius 3 is 3.00 bits per heavy atom. The Morgan fingerprint density at radius 1 is 1.54 bits per heavy atom. The van der Waals surface area contributed by atoms with E-state index in [1.165, 1.54) is 19.3 Å². The van der Waals surface area contributed by atoms with Gasteiger partial charge < -0.3 is 11.1 Å². The molecule has 13 heavy (non-hydrogen) atoms. The van der Waals surface area contributed by atoms with Crippen LogP contribution in [-0.2, 0) is 0 Å². The number of nitrogen functional groups attached to an aromatic ring is 1. The molecule has 1 aliphatic rings. The lowest BCUT2D eigenvalue weighted by atomic mass is 9.85.